The highest BCUT2D eigenvalue weighted by Crippen LogP contribution is 2.70. The van der Waals surface area contributed by atoms with Crippen LogP contribution >= 0.6 is 0 Å². The van der Waals surface area contributed by atoms with Crippen LogP contribution in [0.2, 0.25) is 0 Å². The van der Waals surface area contributed by atoms with Crippen molar-refractivity contribution in [1.29, 1.82) is 0 Å². The Kier molecular flexibility index (Phi) is 11.2. The van der Waals surface area contributed by atoms with Crippen molar-refractivity contribution in [1.82, 2.24) is 0 Å². The smallest absolute Gasteiger partial charge is 0.130 e. The molecule has 4 fully saturated rings. The van der Waals surface area contributed by atoms with E-state index in [1.165, 1.54) is 87.3 Å². The van der Waals surface area contributed by atoms with Crippen molar-refractivity contribution >= 4 is 11.4 Å². The van der Waals surface area contributed by atoms with Gasteiger partial charge in [-0.25, -0.2) is 0 Å². The van der Waals surface area contributed by atoms with Gasteiger partial charge < -0.3 is 20.9 Å². The maximum absolute atomic E-state index is 6.49. The van der Waals surface area contributed by atoms with E-state index in [0.717, 1.165) is 87.4 Å². The van der Waals surface area contributed by atoms with Gasteiger partial charge >= 0.3 is 0 Å². The molecule has 4 aliphatic rings. The summed E-state index contributed by atoms with van der Waals surface area (Å²) in [6, 6.07) is 28.0. The zero-order valence-corrected chi connectivity index (χ0v) is 37.0. The zero-order chi connectivity index (χ0) is 41.0. The van der Waals surface area contributed by atoms with Gasteiger partial charge in [0.05, 0.1) is 0 Å². The van der Waals surface area contributed by atoms with Gasteiger partial charge in [-0.3, -0.25) is 0 Å². The number of hydrogen-bond acceptors (Lipinski definition) is 4. The Hall–Kier alpha value is -3.92. The summed E-state index contributed by atoms with van der Waals surface area (Å²) < 4.78 is 12.9. The molecule has 0 aliphatic heterocycles. The second kappa shape index (κ2) is 15.9. The third-order valence-electron chi connectivity index (χ3n) is 17.0. The summed E-state index contributed by atoms with van der Waals surface area (Å²) in [6.07, 6.45) is 16.4. The van der Waals surface area contributed by atoms with Gasteiger partial charge in [-0.15, -0.1) is 0 Å². The fourth-order valence-corrected chi connectivity index (χ4v) is 13.6. The highest BCUT2D eigenvalue weighted by Gasteiger charge is 2.62. The molecular weight excluding hydrogens is 709 g/mol. The molecule has 4 aromatic carbocycles. The van der Waals surface area contributed by atoms with Gasteiger partial charge in [0.25, 0.3) is 0 Å². The van der Waals surface area contributed by atoms with Crippen molar-refractivity contribution in [2.45, 2.75) is 138 Å². The third-order valence-corrected chi connectivity index (χ3v) is 17.0. The summed E-state index contributed by atoms with van der Waals surface area (Å²) in [6.45, 7) is 19.1. The second-order valence-corrected chi connectivity index (χ2v) is 20.7. The van der Waals surface area contributed by atoms with E-state index < -0.39 is 0 Å². The van der Waals surface area contributed by atoms with Crippen molar-refractivity contribution in [2.24, 2.45) is 52.3 Å². The number of nitrogens with two attached hydrogens (primary N) is 2. The minimum absolute atomic E-state index is 0.0819. The maximum atomic E-state index is 6.49. The van der Waals surface area contributed by atoms with Crippen LogP contribution in [0.15, 0.2) is 78.9 Å². The van der Waals surface area contributed by atoms with E-state index in [2.05, 4.69) is 84.0 Å². The van der Waals surface area contributed by atoms with E-state index >= 15 is 0 Å². The Bertz CT molecular complexity index is 2090. The molecule has 4 saturated carbocycles. The molecule has 4 heteroatoms. The SMILES string of the molecule is Cc1cc(Oc2ccc(C3(c4ccc(Oc5ccc(N)c(C)c5)c(C)c4)CCC4(C)C(CCC5C4CCC4(C)C(C(C)CCCC(C)C)CCC54)C3)cc2)ccc1N. The first-order valence-electron chi connectivity index (χ1n) is 23.0. The lowest BCUT2D eigenvalue weighted by atomic mass is 9.42. The van der Waals surface area contributed by atoms with E-state index in [4.69, 9.17) is 20.9 Å². The van der Waals surface area contributed by atoms with Crippen LogP contribution in [0.1, 0.15) is 139 Å². The van der Waals surface area contributed by atoms with Gasteiger partial charge in [0, 0.05) is 16.8 Å². The average molecular weight is 781 g/mol. The van der Waals surface area contributed by atoms with E-state index in [9.17, 15) is 0 Å². The highest BCUT2D eigenvalue weighted by atomic mass is 16.5. The van der Waals surface area contributed by atoms with Crippen LogP contribution < -0.4 is 20.9 Å². The average Bonchev–Trinajstić information content (AvgIpc) is 3.56. The van der Waals surface area contributed by atoms with Crippen molar-refractivity contribution in [3.8, 4) is 23.0 Å². The van der Waals surface area contributed by atoms with Crippen LogP contribution in [0.3, 0.4) is 0 Å². The third kappa shape index (κ3) is 7.45. The standard InChI is InChI=1S/C54H72N2O2/c1-34(2)10-9-11-35(3)46-21-22-47-45-20-14-41-33-54(29-28-52(41,7)48(45)26-27-53(46,47)8,39-12-16-42(17-13-39)57-43-18-23-49(55)36(4)31-43)40-15-25-51(38(6)30-40)58-44-19-24-50(56)37(5)32-44/h12-13,15-19,23-25,30-32,34-35,41,45-48H,9-11,14,20-22,26-29,33,55-56H2,1-8H3. The van der Waals surface area contributed by atoms with Crippen LogP contribution in [-0.4, -0.2) is 0 Å². The molecule has 4 N–H and O–H groups in total. The van der Waals surface area contributed by atoms with E-state index in [1.807, 2.05) is 50.2 Å². The van der Waals surface area contributed by atoms with Crippen molar-refractivity contribution < 1.29 is 9.47 Å². The van der Waals surface area contributed by atoms with Gasteiger partial charge in [0.1, 0.15) is 23.0 Å². The minimum atomic E-state index is -0.0819. The van der Waals surface area contributed by atoms with E-state index in [-0.39, 0.29) is 5.41 Å². The summed E-state index contributed by atoms with van der Waals surface area (Å²) in [7, 11) is 0. The van der Waals surface area contributed by atoms with Gasteiger partial charge in [0.15, 0.2) is 0 Å². The molecule has 0 heterocycles. The van der Waals surface area contributed by atoms with Gasteiger partial charge in [-0.05, 0) is 213 Å². The Balaban J connectivity index is 1.07. The molecule has 0 spiro atoms. The minimum Gasteiger partial charge on any atom is -0.457 e. The lowest BCUT2D eigenvalue weighted by Gasteiger charge is -2.63. The van der Waals surface area contributed by atoms with E-state index in [1.54, 1.807) is 0 Å². The van der Waals surface area contributed by atoms with Crippen LogP contribution in [-0.2, 0) is 5.41 Å². The summed E-state index contributed by atoms with van der Waals surface area (Å²) in [5.41, 5.74) is 20.7. The molecule has 4 nitrogen and oxygen atoms in total. The molecule has 0 radical (unpaired) electrons. The lowest BCUT2D eigenvalue weighted by molar-refractivity contribution is -0.122. The second-order valence-electron chi connectivity index (χ2n) is 20.7. The molecule has 58 heavy (non-hydrogen) atoms. The van der Waals surface area contributed by atoms with Crippen molar-refractivity contribution in [2.75, 3.05) is 11.5 Å². The first-order valence-corrected chi connectivity index (χ1v) is 23.0. The quantitative estimate of drug-likeness (QED) is 0.149. The summed E-state index contributed by atoms with van der Waals surface area (Å²) in [5, 5.41) is 0. The molecule has 8 rings (SSSR count). The number of hydrogen-bond donors (Lipinski definition) is 2. The Morgan fingerprint density at radius 1 is 0.603 bits per heavy atom. The predicted octanol–water partition coefficient (Wildman–Crippen LogP) is 14.8. The highest BCUT2D eigenvalue weighted by molar-refractivity contribution is 5.53. The number of rotatable bonds is 11. The molecule has 4 aromatic rings. The number of benzene rings is 4. The molecule has 0 amide bonds. The molecule has 9 unspecified atom stereocenters. The summed E-state index contributed by atoms with van der Waals surface area (Å²) >= 11 is 0. The molecular formula is C54H72N2O2. The lowest BCUT2D eigenvalue weighted by Crippen LogP contribution is -2.55. The Morgan fingerprint density at radius 3 is 1.90 bits per heavy atom. The molecule has 0 saturated heterocycles. The topological polar surface area (TPSA) is 70.5 Å². The number of aryl methyl sites for hydroxylation is 3. The van der Waals surface area contributed by atoms with Gasteiger partial charge in [0.2, 0.25) is 0 Å². The van der Waals surface area contributed by atoms with Crippen LogP contribution in [0.5, 0.6) is 23.0 Å². The van der Waals surface area contributed by atoms with Crippen molar-refractivity contribution in [3.05, 3.63) is 107 Å². The van der Waals surface area contributed by atoms with Crippen LogP contribution in [0.25, 0.3) is 0 Å². The number of nitrogen functional groups attached to an aromatic ring is 2. The predicted molar refractivity (Wildman–Crippen MR) is 243 cm³/mol. The Morgan fingerprint density at radius 2 is 1.24 bits per heavy atom. The summed E-state index contributed by atoms with van der Waals surface area (Å²) in [4.78, 5) is 0. The first kappa shape index (κ1) is 40.8. The maximum Gasteiger partial charge on any atom is 0.130 e. The van der Waals surface area contributed by atoms with Gasteiger partial charge in [-0.2, -0.15) is 0 Å². The Labute approximate surface area is 350 Å². The van der Waals surface area contributed by atoms with Crippen molar-refractivity contribution in [3.63, 3.8) is 0 Å². The summed E-state index contributed by atoms with van der Waals surface area (Å²) in [5.74, 6) is 9.33. The fraction of sp³-hybridized carbons (Fsp3) is 0.556. The number of anilines is 2. The molecule has 310 valence electrons. The van der Waals surface area contributed by atoms with Gasteiger partial charge in [-0.1, -0.05) is 78.1 Å². The molecule has 0 aromatic heterocycles. The molecule has 9 atom stereocenters. The largest absolute Gasteiger partial charge is 0.457 e. The monoisotopic (exact) mass is 781 g/mol. The molecule has 0 bridgehead atoms. The zero-order valence-electron chi connectivity index (χ0n) is 37.0. The van der Waals surface area contributed by atoms with Crippen LogP contribution in [0, 0.1) is 73.0 Å². The number of ether oxygens (including phenoxy) is 2. The molecule has 4 aliphatic carbocycles. The first-order chi connectivity index (χ1) is 27.7. The fourth-order valence-electron chi connectivity index (χ4n) is 13.6. The van der Waals surface area contributed by atoms with E-state index in [0.29, 0.717) is 16.7 Å². The normalized spacial score (nSPS) is 30.9. The van der Waals surface area contributed by atoms with Crippen LogP contribution in [0.4, 0.5) is 11.4 Å². The number of fused-ring (bicyclic) bond motifs is 5.